The Kier molecular flexibility index (Phi) is 4.50. The highest BCUT2D eigenvalue weighted by Gasteiger charge is 2.27. The first-order chi connectivity index (χ1) is 9.24. The number of likely N-dealkylation sites (N-methyl/N-ethyl adjacent to an activating group) is 1. The molecule has 1 atom stereocenters. The summed E-state index contributed by atoms with van der Waals surface area (Å²) < 4.78 is 0. The molecule has 2 N–H and O–H groups in total. The normalized spacial score (nSPS) is 19.7. The number of hydrogen-bond acceptors (Lipinski definition) is 4. The van der Waals surface area contributed by atoms with Crippen molar-refractivity contribution in [2.24, 2.45) is 0 Å². The molecule has 100 valence electrons. The highest BCUT2D eigenvalue weighted by Crippen LogP contribution is 2.12. The van der Waals surface area contributed by atoms with Gasteiger partial charge in [-0.25, -0.2) is 0 Å². The first-order valence-electron chi connectivity index (χ1n) is 6.40. The molecule has 1 aromatic carbocycles. The van der Waals surface area contributed by atoms with Crippen LogP contribution in [0, 0.1) is 11.3 Å². The third-order valence-corrected chi connectivity index (χ3v) is 3.35. The van der Waals surface area contributed by atoms with Crippen LogP contribution < -0.4 is 10.6 Å². The monoisotopic (exact) mass is 258 g/mol. The van der Waals surface area contributed by atoms with Crippen molar-refractivity contribution in [1.29, 1.82) is 5.26 Å². The van der Waals surface area contributed by atoms with Gasteiger partial charge in [-0.1, -0.05) is 12.1 Å². The van der Waals surface area contributed by atoms with Gasteiger partial charge < -0.3 is 10.6 Å². The van der Waals surface area contributed by atoms with Gasteiger partial charge in [0.1, 0.15) is 6.04 Å². The summed E-state index contributed by atoms with van der Waals surface area (Å²) >= 11 is 0. The quantitative estimate of drug-likeness (QED) is 0.805. The lowest BCUT2D eigenvalue weighted by Gasteiger charge is -2.34. The van der Waals surface area contributed by atoms with Gasteiger partial charge in [-0.15, -0.1) is 0 Å². The molecule has 1 aliphatic rings. The summed E-state index contributed by atoms with van der Waals surface area (Å²) in [7, 11) is 1.66. The Morgan fingerprint density at radius 2 is 2.47 bits per heavy atom. The maximum absolute atomic E-state index is 11.8. The molecular formula is C14H18N4O. The summed E-state index contributed by atoms with van der Waals surface area (Å²) in [5.41, 5.74) is 1.72. The number of nitrogens with one attached hydrogen (secondary N) is 2. The molecular weight excluding hydrogens is 240 g/mol. The minimum atomic E-state index is -0.149. The van der Waals surface area contributed by atoms with Crippen LogP contribution in [0.4, 0.5) is 0 Å². The molecule has 19 heavy (non-hydrogen) atoms. The van der Waals surface area contributed by atoms with Crippen molar-refractivity contribution in [2.45, 2.75) is 12.6 Å². The Morgan fingerprint density at radius 1 is 1.63 bits per heavy atom. The molecule has 1 aromatic rings. The molecule has 0 saturated carbocycles. The average Bonchev–Trinajstić information content (AvgIpc) is 2.47. The molecule has 0 radical (unpaired) electrons. The summed E-state index contributed by atoms with van der Waals surface area (Å²) in [5, 5.41) is 14.8. The van der Waals surface area contributed by atoms with Crippen molar-refractivity contribution < 1.29 is 4.79 Å². The Morgan fingerprint density at radius 3 is 3.21 bits per heavy atom. The summed E-state index contributed by atoms with van der Waals surface area (Å²) in [6.45, 7) is 3.06. The summed E-state index contributed by atoms with van der Waals surface area (Å²) in [5.74, 6) is 0.0311. The van der Waals surface area contributed by atoms with E-state index in [0.29, 0.717) is 18.7 Å². The van der Waals surface area contributed by atoms with Crippen molar-refractivity contribution >= 4 is 5.91 Å². The fraction of sp³-hybridized carbons (Fsp3) is 0.429. The molecule has 1 amide bonds. The number of piperazine rings is 1. The second-order valence-electron chi connectivity index (χ2n) is 4.62. The molecule has 0 aromatic heterocycles. The van der Waals surface area contributed by atoms with Crippen LogP contribution in [0.15, 0.2) is 24.3 Å². The zero-order valence-electron chi connectivity index (χ0n) is 11.0. The smallest absolute Gasteiger partial charge is 0.238 e. The van der Waals surface area contributed by atoms with Crippen LogP contribution in [0.1, 0.15) is 11.1 Å². The Bertz CT molecular complexity index is 494. The number of benzene rings is 1. The van der Waals surface area contributed by atoms with Gasteiger partial charge in [-0.2, -0.15) is 5.26 Å². The van der Waals surface area contributed by atoms with Crippen LogP contribution in [-0.4, -0.2) is 43.5 Å². The standard InChI is InChI=1S/C14H18N4O/c1-16-14(19)13-9-17-5-6-18(13)10-12-4-2-3-11(7-12)8-15/h2-4,7,13,17H,5-6,9-10H2,1H3,(H,16,19). The SMILES string of the molecule is CNC(=O)C1CNCCN1Cc1cccc(C#N)c1. The van der Waals surface area contributed by atoms with Crippen LogP contribution in [0.25, 0.3) is 0 Å². The second-order valence-corrected chi connectivity index (χ2v) is 4.62. The van der Waals surface area contributed by atoms with Crippen LogP contribution in [0.5, 0.6) is 0 Å². The Labute approximate surface area is 113 Å². The van der Waals surface area contributed by atoms with E-state index in [4.69, 9.17) is 5.26 Å². The number of hydrogen-bond donors (Lipinski definition) is 2. The van der Waals surface area contributed by atoms with Crippen LogP contribution in [0.3, 0.4) is 0 Å². The highest BCUT2D eigenvalue weighted by molar-refractivity contribution is 5.81. The summed E-state index contributed by atoms with van der Waals surface area (Å²) in [4.78, 5) is 14.0. The van der Waals surface area contributed by atoms with Gasteiger partial charge in [-0.3, -0.25) is 9.69 Å². The minimum absolute atomic E-state index is 0.0311. The molecule has 1 unspecified atom stereocenters. The molecule has 0 spiro atoms. The van der Waals surface area contributed by atoms with Gasteiger partial charge in [0, 0.05) is 33.2 Å². The fourth-order valence-corrected chi connectivity index (χ4v) is 2.33. The van der Waals surface area contributed by atoms with Gasteiger partial charge in [0.05, 0.1) is 11.6 Å². The van der Waals surface area contributed by atoms with E-state index in [2.05, 4.69) is 21.6 Å². The Hall–Kier alpha value is -1.90. The minimum Gasteiger partial charge on any atom is -0.358 e. The first kappa shape index (κ1) is 13.5. The van der Waals surface area contributed by atoms with Gasteiger partial charge in [0.25, 0.3) is 0 Å². The van der Waals surface area contributed by atoms with Crippen molar-refractivity contribution in [3.63, 3.8) is 0 Å². The van der Waals surface area contributed by atoms with Crippen LogP contribution in [0.2, 0.25) is 0 Å². The molecule has 0 bridgehead atoms. The number of amides is 1. The van der Waals surface area contributed by atoms with Crippen molar-refractivity contribution in [3.05, 3.63) is 35.4 Å². The van der Waals surface area contributed by atoms with Gasteiger partial charge in [0.2, 0.25) is 5.91 Å². The van der Waals surface area contributed by atoms with Crippen LogP contribution >= 0.6 is 0 Å². The number of nitriles is 1. The molecule has 1 aliphatic heterocycles. The van der Waals surface area contributed by atoms with E-state index in [-0.39, 0.29) is 11.9 Å². The van der Waals surface area contributed by atoms with E-state index in [1.54, 1.807) is 13.1 Å². The highest BCUT2D eigenvalue weighted by atomic mass is 16.2. The second kappa shape index (κ2) is 6.32. The van der Waals surface area contributed by atoms with E-state index in [0.717, 1.165) is 18.7 Å². The van der Waals surface area contributed by atoms with Crippen molar-refractivity contribution in [2.75, 3.05) is 26.7 Å². The number of rotatable bonds is 3. The molecule has 1 heterocycles. The molecule has 1 fully saturated rings. The molecule has 1 saturated heterocycles. The molecule has 5 nitrogen and oxygen atoms in total. The van der Waals surface area contributed by atoms with Gasteiger partial charge in [0.15, 0.2) is 0 Å². The third kappa shape index (κ3) is 3.31. The van der Waals surface area contributed by atoms with Crippen molar-refractivity contribution in [3.8, 4) is 6.07 Å². The lowest BCUT2D eigenvalue weighted by atomic mass is 10.1. The molecule has 0 aliphatic carbocycles. The zero-order chi connectivity index (χ0) is 13.7. The lowest BCUT2D eigenvalue weighted by Crippen LogP contribution is -2.56. The topological polar surface area (TPSA) is 68.2 Å². The predicted molar refractivity (Wildman–Crippen MR) is 72.3 cm³/mol. The Balaban J connectivity index is 2.10. The van der Waals surface area contributed by atoms with Gasteiger partial charge in [-0.05, 0) is 17.7 Å². The zero-order valence-corrected chi connectivity index (χ0v) is 11.0. The first-order valence-corrected chi connectivity index (χ1v) is 6.40. The van der Waals surface area contributed by atoms with E-state index in [1.807, 2.05) is 18.2 Å². The fourth-order valence-electron chi connectivity index (χ4n) is 2.33. The van der Waals surface area contributed by atoms with E-state index < -0.39 is 0 Å². The van der Waals surface area contributed by atoms with Crippen LogP contribution in [-0.2, 0) is 11.3 Å². The molecule has 2 rings (SSSR count). The van der Waals surface area contributed by atoms with E-state index in [1.165, 1.54) is 0 Å². The lowest BCUT2D eigenvalue weighted by molar-refractivity contribution is -0.126. The number of carbonyl (C=O) groups excluding carboxylic acids is 1. The average molecular weight is 258 g/mol. The van der Waals surface area contributed by atoms with E-state index >= 15 is 0 Å². The number of nitrogens with zero attached hydrogens (tertiary/aromatic N) is 2. The maximum atomic E-state index is 11.8. The maximum Gasteiger partial charge on any atom is 0.238 e. The number of carbonyl (C=O) groups is 1. The van der Waals surface area contributed by atoms with Crippen molar-refractivity contribution in [1.82, 2.24) is 15.5 Å². The third-order valence-electron chi connectivity index (χ3n) is 3.35. The summed E-state index contributed by atoms with van der Waals surface area (Å²) in [6.07, 6.45) is 0. The van der Waals surface area contributed by atoms with Gasteiger partial charge >= 0.3 is 0 Å². The molecule has 5 heteroatoms. The largest absolute Gasteiger partial charge is 0.358 e. The van der Waals surface area contributed by atoms with E-state index in [9.17, 15) is 4.79 Å². The predicted octanol–water partition coefficient (Wildman–Crippen LogP) is 0.0781. The summed E-state index contributed by atoms with van der Waals surface area (Å²) in [6, 6.07) is 9.53.